The van der Waals surface area contributed by atoms with Crippen molar-refractivity contribution in [3.63, 3.8) is 0 Å². The topological polar surface area (TPSA) is 171 Å². The second kappa shape index (κ2) is 15.0. The smallest absolute Gasteiger partial charge is 0.326 e. The monoisotopic (exact) mass is 544 g/mol. The summed E-state index contributed by atoms with van der Waals surface area (Å²) in [6, 6.07) is 10.8. The number of aromatic hydroxyl groups is 1. The number of carbonyl (C=O) groups excluding carboxylic acids is 3. The number of hydrogen-bond donors (Lipinski definition) is 7. The first-order valence-electron chi connectivity index (χ1n) is 12.3. The lowest BCUT2D eigenvalue weighted by atomic mass is 10.00. The van der Waals surface area contributed by atoms with E-state index in [9.17, 15) is 29.4 Å². The van der Waals surface area contributed by atoms with Gasteiger partial charge < -0.3 is 31.9 Å². The maximum absolute atomic E-state index is 13.3. The zero-order valence-corrected chi connectivity index (χ0v) is 22.4. The molecule has 11 heteroatoms. The molecular weight excluding hydrogens is 508 g/mol. The van der Waals surface area contributed by atoms with Crippen LogP contribution in [0.4, 0.5) is 0 Å². The third-order valence-electron chi connectivity index (χ3n) is 5.78. The number of nitrogens with two attached hydrogens (primary N) is 1. The second-order valence-corrected chi connectivity index (χ2v) is 9.87. The van der Waals surface area contributed by atoms with Crippen molar-refractivity contribution >= 4 is 36.3 Å². The van der Waals surface area contributed by atoms with Gasteiger partial charge in [0.1, 0.15) is 23.9 Å². The van der Waals surface area contributed by atoms with Crippen molar-refractivity contribution in [1.29, 1.82) is 0 Å². The molecule has 7 N–H and O–H groups in total. The van der Waals surface area contributed by atoms with E-state index in [1.807, 2.05) is 32.0 Å². The highest BCUT2D eigenvalue weighted by molar-refractivity contribution is 7.80. The molecule has 2 rings (SSSR count). The molecule has 0 radical (unpaired) electrons. The molecule has 0 aliphatic rings. The zero-order chi connectivity index (χ0) is 28.2. The maximum atomic E-state index is 13.3. The Morgan fingerprint density at radius 1 is 0.789 bits per heavy atom. The van der Waals surface area contributed by atoms with Gasteiger partial charge in [0.15, 0.2) is 0 Å². The largest absolute Gasteiger partial charge is 0.508 e. The van der Waals surface area contributed by atoms with E-state index in [-0.39, 0.29) is 36.7 Å². The highest BCUT2D eigenvalue weighted by Gasteiger charge is 2.31. The van der Waals surface area contributed by atoms with Gasteiger partial charge in [-0.3, -0.25) is 14.4 Å². The lowest BCUT2D eigenvalue weighted by Crippen LogP contribution is -2.58. The molecule has 0 bridgehead atoms. The summed E-state index contributed by atoms with van der Waals surface area (Å²) < 4.78 is 0. The highest BCUT2D eigenvalue weighted by atomic mass is 32.1. The first kappa shape index (κ1) is 30.7. The Hall–Kier alpha value is -3.57. The quantitative estimate of drug-likeness (QED) is 0.174. The van der Waals surface area contributed by atoms with Crippen molar-refractivity contribution in [3.05, 3.63) is 65.7 Å². The molecule has 3 amide bonds. The van der Waals surface area contributed by atoms with Gasteiger partial charge >= 0.3 is 5.97 Å². The van der Waals surface area contributed by atoms with Crippen molar-refractivity contribution < 1.29 is 29.4 Å². The van der Waals surface area contributed by atoms with Crippen LogP contribution in [0.25, 0.3) is 0 Å². The molecule has 0 aliphatic heterocycles. The lowest BCUT2D eigenvalue weighted by Gasteiger charge is -2.26. The first-order valence-corrected chi connectivity index (χ1v) is 13.0. The van der Waals surface area contributed by atoms with Gasteiger partial charge in [-0.1, -0.05) is 56.3 Å². The molecule has 2 aromatic rings. The third kappa shape index (κ3) is 10.1. The van der Waals surface area contributed by atoms with Crippen molar-refractivity contribution in [2.24, 2.45) is 11.7 Å². The number of phenolic OH excluding ortho intramolecular Hbond substituents is 1. The number of thiol groups is 1. The van der Waals surface area contributed by atoms with Crippen molar-refractivity contribution in [3.8, 4) is 5.75 Å². The Labute approximate surface area is 227 Å². The molecule has 0 aromatic heterocycles. The standard InChI is InChI=1S/C27H36N4O6S/c1-16(2)12-21(25(34)31-23(27(36)37)14-18-8-10-19(32)11-9-18)30-26(35)22(29-24(33)20(28)15-38)13-17-6-4-3-5-7-17/h3-11,16,20-23,32,38H,12-15,28H2,1-2H3,(H,29,33)(H,30,35)(H,31,34)(H,36,37). The Balaban J connectivity index is 2.20. The van der Waals surface area contributed by atoms with Crippen molar-refractivity contribution in [1.82, 2.24) is 16.0 Å². The van der Waals surface area contributed by atoms with Crippen LogP contribution in [0.15, 0.2) is 54.6 Å². The fraction of sp³-hybridized carbons (Fsp3) is 0.407. The third-order valence-corrected chi connectivity index (χ3v) is 6.17. The van der Waals surface area contributed by atoms with Crippen LogP contribution in [0.1, 0.15) is 31.4 Å². The van der Waals surface area contributed by atoms with E-state index in [4.69, 9.17) is 5.73 Å². The zero-order valence-electron chi connectivity index (χ0n) is 21.5. The van der Waals surface area contributed by atoms with Crippen LogP contribution in [0.3, 0.4) is 0 Å². The molecule has 0 heterocycles. The Kier molecular flexibility index (Phi) is 12.1. The van der Waals surface area contributed by atoms with Gasteiger partial charge in [0.25, 0.3) is 0 Å². The van der Waals surface area contributed by atoms with Gasteiger partial charge in [0.2, 0.25) is 17.7 Å². The number of carboxylic acids is 1. The molecule has 0 aliphatic carbocycles. The number of carbonyl (C=O) groups is 4. The minimum Gasteiger partial charge on any atom is -0.508 e. The normalized spacial score (nSPS) is 14.1. The Morgan fingerprint density at radius 2 is 1.29 bits per heavy atom. The number of aliphatic carboxylic acids is 1. The minimum absolute atomic E-state index is 0.00815. The van der Waals surface area contributed by atoms with Gasteiger partial charge in [-0.05, 0) is 35.6 Å². The molecule has 0 saturated carbocycles. The van der Waals surface area contributed by atoms with E-state index in [2.05, 4.69) is 28.6 Å². The summed E-state index contributed by atoms with van der Waals surface area (Å²) in [7, 11) is 0. The summed E-state index contributed by atoms with van der Waals surface area (Å²) in [6.07, 6.45) is 0.385. The fourth-order valence-corrected chi connectivity index (χ4v) is 3.90. The number of benzene rings is 2. The first-order chi connectivity index (χ1) is 18.0. The SMILES string of the molecule is CC(C)CC(NC(=O)C(Cc1ccccc1)NC(=O)C(N)CS)C(=O)NC(Cc1ccc(O)cc1)C(=O)O. The van der Waals surface area contributed by atoms with Crippen molar-refractivity contribution in [2.75, 3.05) is 5.75 Å². The minimum atomic E-state index is -1.26. The van der Waals surface area contributed by atoms with Crippen LogP contribution < -0.4 is 21.7 Å². The van der Waals surface area contributed by atoms with Crippen LogP contribution in [0.2, 0.25) is 0 Å². The van der Waals surface area contributed by atoms with E-state index in [0.29, 0.717) is 5.56 Å². The van der Waals surface area contributed by atoms with Gasteiger partial charge in [-0.2, -0.15) is 12.6 Å². The number of hydrogen-bond acceptors (Lipinski definition) is 7. The summed E-state index contributed by atoms with van der Waals surface area (Å²) in [5.74, 6) is -2.93. The maximum Gasteiger partial charge on any atom is 0.326 e. The van der Waals surface area contributed by atoms with E-state index < -0.39 is 47.9 Å². The molecule has 2 aromatic carbocycles. The molecule has 0 saturated heterocycles. The van der Waals surface area contributed by atoms with E-state index in [1.54, 1.807) is 24.3 Å². The Morgan fingerprint density at radius 3 is 1.84 bits per heavy atom. The molecule has 4 unspecified atom stereocenters. The van der Waals surface area contributed by atoms with Gasteiger partial charge in [0, 0.05) is 18.6 Å². The number of nitrogens with one attached hydrogen (secondary N) is 3. The van der Waals surface area contributed by atoms with Crippen LogP contribution >= 0.6 is 12.6 Å². The lowest BCUT2D eigenvalue weighted by molar-refractivity contribution is -0.142. The predicted octanol–water partition coefficient (Wildman–Crippen LogP) is 1.02. The molecule has 0 spiro atoms. The molecule has 206 valence electrons. The Bertz CT molecular complexity index is 1080. The molecule has 0 fully saturated rings. The predicted molar refractivity (Wildman–Crippen MR) is 147 cm³/mol. The number of rotatable bonds is 14. The fourth-order valence-electron chi connectivity index (χ4n) is 3.74. The molecule has 10 nitrogen and oxygen atoms in total. The summed E-state index contributed by atoms with van der Waals surface area (Å²) in [4.78, 5) is 50.9. The van der Waals surface area contributed by atoms with E-state index in [0.717, 1.165) is 5.56 Å². The summed E-state index contributed by atoms with van der Waals surface area (Å²) in [5.41, 5.74) is 7.17. The number of phenols is 1. The summed E-state index contributed by atoms with van der Waals surface area (Å²) in [5, 5.41) is 27.0. The van der Waals surface area contributed by atoms with Crippen LogP contribution in [0, 0.1) is 5.92 Å². The number of carboxylic acid groups (broad SMARTS) is 1. The van der Waals surface area contributed by atoms with Gasteiger partial charge in [-0.25, -0.2) is 4.79 Å². The van der Waals surface area contributed by atoms with Crippen LogP contribution in [-0.4, -0.2) is 63.8 Å². The molecule has 38 heavy (non-hydrogen) atoms. The summed E-state index contributed by atoms with van der Waals surface area (Å²) >= 11 is 4.04. The molecular formula is C27H36N4O6S. The van der Waals surface area contributed by atoms with Crippen LogP contribution in [-0.2, 0) is 32.0 Å². The van der Waals surface area contributed by atoms with Gasteiger partial charge in [0.05, 0.1) is 6.04 Å². The summed E-state index contributed by atoms with van der Waals surface area (Å²) in [6.45, 7) is 3.74. The van der Waals surface area contributed by atoms with Crippen molar-refractivity contribution in [2.45, 2.75) is 57.3 Å². The average Bonchev–Trinajstić information content (AvgIpc) is 2.88. The second-order valence-electron chi connectivity index (χ2n) is 9.50. The number of amides is 3. The van der Waals surface area contributed by atoms with E-state index in [1.165, 1.54) is 12.1 Å². The van der Waals surface area contributed by atoms with E-state index >= 15 is 0 Å². The average molecular weight is 545 g/mol. The highest BCUT2D eigenvalue weighted by Crippen LogP contribution is 2.13. The van der Waals surface area contributed by atoms with Crippen LogP contribution in [0.5, 0.6) is 5.75 Å². The molecule has 4 atom stereocenters. The van der Waals surface area contributed by atoms with Gasteiger partial charge in [-0.15, -0.1) is 0 Å².